The number of nitriles is 1. The first-order valence-electron chi connectivity index (χ1n) is 6.86. The standard InChI is InChI=1S/C17H14N4S/c1-13-6-2-5-9-16(13)21-12-19-20-17(21)22-11-15-8-4-3-7-14(15)10-18/h2-9,12H,11H2,1H3. The van der Waals surface area contributed by atoms with Crippen molar-refractivity contribution in [3.63, 3.8) is 0 Å². The van der Waals surface area contributed by atoms with Crippen LogP contribution in [-0.2, 0) is 5.75 Å². The fourth-order valence-electron chi connectivity index (χ4n) is 2.22. The molecule has 0 spiro atoms. The zero-order valence-electron chi connectivity index (χ0n) is 12.1. The van der Waals surface area contributed by atoms with Crippen LogP contribution < -0.4 is 0 Å². The van der Waals surface area contributed by atoms with Gasteiger partial charge in [0, 0.05) is 5.75 Å². The maximum atomic E-state index is 9.15. The molecule has 22 heavy (non-hydrogen) atoms. The van der Waals surface area contributed by atoms with Crippen LogP contribution in [0, 0.1) is 18.3 Å². The van der Waals surface area contributed by atoms with E-state index in [2.05, 4.69) is 29.3 Å². The molecule has 0 unspecified atom stereocenters. The third-order valence-corrected chi connectivity index (χ3v) is 4.38. The molecule has 0 atom stereocenters. The molecular weight excluding hydrogens is 292 g/mol. The smallest absolute Gasteiger partial charge is 0.195 e. The Hall–Kier alpha value is -2.58. The third kappa shape index (κ3) is 2.87. The van der Waals surface area contributed by atoms with Crippen molar-refractivity contribution < 1.29 is 0 Å². The van der Waals surface area contributed by atoms with Gasteiger partial charge in [0.1, 0.15) is 6.33 Å². The van der Waals surface area contributed by atoms with E-state index >= 15 is 0 Å². The summed E-state index contributed by atoms with van der Waals surface area (Å²) in [5.41, 5.74) is 3.96. The second kappa shape index (κ2) is 6.46. The first-order valence-corrected chi connectivity index (χ1v) is 7.85. The van der Waals surface area contributed by atoms with Gasteiger partial charge in [-0.25, -0.2) is 0 Å². The summed E-state index contributed by atoms with van der Waals surface area (Å²) >= 11 is 1.58. The Kier molecular flexibility index (Phi) is 4.22. The largest absolute Gasteiger partial charge is 0.276 e. The molecule has 0 radical (unpaired) electrons. The molecule has 1 heterocycles. The minimum absolute atomic E-state index is 0.689. The predicted octanol–water partition coefficient (Wildman–Crippen LogP) is 3.74. The number of thioether (sulfide) groups is 1. The number of rotatable bonds is 4. The highest BCUT2D eigenvalue weighted by Gasteiger charge is 2.10. The summed E-state index contributed by atoms with van der Waals surface area (Å²) in [4.78, 5) is 0. The summed E-state index contributed by atoms with van der Waals surface area (Å²) in [5, 5.41) is 18.2. The summed E-state index contributed by atoms with van der Waals surface area (Å²) in [5.74, 6) is 0.689. The van der Waals surface area contributed by atoms with Crippen molar-refractivity contribution in [2.24, 2.45) is 0 Å². The minimum Gasteiger partial charge on any atom is -0.276 e. The van der Waals surface area contributed by atoms with Gasteiger partial charge in [-0.15, -0.1) is 10.2 Å². The number of aromatic nitrogens is 3. The molecule has 0 amide bonds. The molecule has 0 aliphatic carbocycles. The predicted molar refractivity (Wildman–Crippen MR) is 86.8 cm³/mol. The second-order valence-corrected chi connectivity index (χ2v) is 5.77. The highest BCUT2D eigenvalue weighted by atomic mass is 32.2. The van der Waals surface area contributed by atoms with Gasteiger partial charge in [0.15, 0.2) is 5.16 Å². The molecule has 4 nitrogen and oxygen atoms in total. The van der Waals surface area contributed by atoms with Crippen LogP contribution in [0.5, 0.6) is 0 Å². The van der Waals surface area contributed by atoms with Gasteiger partial charge in [-0.3, -0.25) is 4.57 Å². The van der Waals surface area contributed by atoms with E-state index in [9.17, 15) is 0 Å². The van der Waals surface area contributed by atoms with Crippen molar-refractivity contribution >= 4 is 11.8 Å². The average molecular weight is 306 g/mol. The lowest BCUT2D eigenvalue weighted by Crippen LogP contribution is -1.98. The Bertz CT molecular complexity index is 832. The van der Waals surface area contributed by atoms with Crippen LogP contribution in [0.15, 0.2) is 60.0 Å². The Morgan fingerprint density at radius 1 is 1.14 bits per heavy atom. The number of nitrogens with zero attached hydrogens (tertiary/aromatic N) is 4. The lowest BCUT2D eigenvalue weighted by molar-refractivity contribution is 0.878. The van der Waals surface area contributed by atoms with E-state index < -0.39 is 0 Å². The molecule has 3 rings (SSSR count). The Labute approximate surface area is 133 Å². The van der Waals surface area contributed by atoms with Gasteiger partial charge in [0.25, 0.3) is 0 Å². The van der Waals surface area contributed by atoms with Crippen molar-refractivity contribution in [3.05, 3.63) is 71.5 Å². The number of hydrogen-bond acceptors (Lipinski definition) is 4. The van der Waals surface area contributed by atoms with Gasteiger partial charge < -0.3 is 0 Å². The highest BCUT2D eigenvalue weighted by Crippen LogP contribution is 2.25. The van der Waals surface area contributed by atoms with E-state index in [1.807, 2.05) is 47.0 Å². The maximum Gasteiger partial charge on any atom is 0.195 e. The zero-order chi connectivity index (χ0) is 15.4. The Morgan fingerprint density at radius 3 is 2.73 bits per heavy atom. The maximum absolute atomic E-state index is 9.15. The molecule has 0 aliphatic rings. The van der Waals surface area contributed by atoms with Crippen molar-refractivity contribution in [1.29, 1.82) is 5.26 Å². The number of para-hydroxylation sites is 1. The van der Waals surface area contributed by atoms with Gasteiger partial charge in [-0.05, 0) is 30.2 Å². The summed E-state index contributed by atoms with van der Waals surface area (Å²) < 4.78 is 1.98. The van der Waals surface area contributed by atoms with Crippen LogP contribution in [-0.4, -0.2) is 14.8 Å². The first-order chi connectivity index (χ1) is 10.8. The van der Waals surface area contributed by atoms with Gasteiger partial charge >= 0.3 is 0 Å². The monoisotopic (exact) mass is 306 g/mol. The molecule has 2 aromatic carbocycles. The highest BCUT2D eigenvalue weighted by molar-refractivity contribution is 7.98. The van der Waals surface area contributed by atoms with Gasteiger partial charge in [0.05, 0.1) is 17.3 Å². The normalized spacial score (nSPS) is 10.4. The molecule has 0 bridgehead atoms. The molecule has 0 N–H and O–H groups in total. The number of hydrogen-bond donors (Lipinski definition) is 0. The minimum atomic E-state index is 0.689. The van der Waals surface area contributed by atoms with Crippen LogP contribution >= 0.6 is 11.8 Å². The van der Waals surface area contributed by atoms with Crippen molar-refractivity contribution in [3.8, 4) is 11.8 Å². The lowest BCUT2D eigenvalue weighted by atomic mass is 10.1. The van der Waals surface area contributed by atoms with E-state index in [1.54, 1.807) is 18.1 Å². The fraction of sp³-hybridized carbons (Fsp3) is 0.118. The average Bonchev–Trinajstić information content (AvgIpc) is 3.02. The van der Waals surface area contributed by atoms with E-state index in [0.717, 1.165) is 16.4 Å². The van der Waals surface area contributed by atoms with Crippen LogP contribution in [0.2, 0.25) is 0 Å². The molecule has 108 valence electrons. The van der Waals surface area contributed by atoms with Gasteiger partial charge in [-0.1, -0.05) is 48.2 Å². The van der Waals surface area contributed by atoms with Crippen molar-refractivity contribution in [1.82, 2.24) is 14.8 Å². The summed E-state index contributed by atoms with van der Waals surface area (Å²) in [6.45, 7) is 2.06. The van der Waals surface area contributed by atoms with E-state index in [1.165, 1.54) is 5.56 Å². The molecule has 3 aromatic rings. The first kappa shape index (κ1) is 14.4. The van der Waals surface area contributed by atoms with Gasteiger partial charge in [-0.2, -0.15) is 5.26 Å². The van der Waals surface area contributed by atoms with Crippen molar-refractivity contribution in [2.45, 2.75) is 17.8 Å². The molecular formula is C17H14N4S. The van der Waals surface area contributed by atoms with Crippen LogP contribution in [0.4, 0.5) is 0 Å². The second-order valence-electron chi connectivity index (χ2n) is 4.83. The molecule has 1 aromatic heterocycles. The lowest BCUT2D eigenvalue weighted by Gasteiger charge is -2.09. The molecule has 0 saturated carbocycles. The molecule has 0 fully saturated rings. The summed E-state index contributed by atoms with van der Waals surface area (Å²) in [7, 11) is 0. The molecule has 0 aliphatic heterocycles. The Balaban J connectivity index is 1.85. The van der Waals surface area contributed by atoms with E-state index in [-0.39, 0.29) is 0 Å². The van der Waals surface area contributed by atoms with Crippen LogP contribution in [0.3, 0.4) is 0 Å². The summed E-state index contributed by atoms with van der Waals surface area (Å²) in [6, 6.07) is 18.0. The quantitative estimate of drug-likeness (QED) is 0.689. The van der Waals surface area contributed by atoms with E-state index in [4.69, 9.17) is 5.26 Å². The van der Waals surface area contributed by atoms with Gasteiger partial charge in [0.2, 0.25) is 0 Å². The number of benzene rings is 2. The number of aryl methyl sites for hydroxylation is 1. The van der Waals surface area contributed by atoms with Crippen LogP contribution in [0.1, 0.15) is 16.7 Å². The molecule has 0 saturated heterocycles. The fourth-order valence-corrected chi connectivity index (χ4v) is 3.15. The topological polar surface area (TPSA) is 54.5 Å². The zero-order valence-corrected chi connectivity index (χ0v) is 12.9. The van der Waals surface area contributed by atoms with Crippen molar-refractivity contribution in [2.75, 3.05) is 0 Å². The SMILES string of the molecule is Cc1ccccc1-n1cnnc1SCc1ccccc1C#N. The molecule has 5 heteroatoms. The Morgan fingerprint density at radius 2 is 1.91 bits per heavy atom. The van der Waals surface area contributed by atoms with E-state index in [0.29, 0.717) is 11.3 Å². The third-order valence-electron chi connectivity index (χ3n) is 3.39. The summed E-state index contributed by atoms with van der Waals surface area (Å²) in [6.07, 6.45) is 1.72. The van der Waals surface area contributed by atoms with Crippen LogP contribution in [0.25, 0.3) is 5.69 Å².